The van der Waals surface area contributed by atoms with Crippen LogP contribution in [0, 0.1) is 0 Å². The Hall–Kier alpha value is -1.36. The number of thiophene rings is 1. The molecule has 1 fully saturated rings. The topological polar surface area (TPSA) is 57.6 Å². The molecule has 1 N–H and O–H groups in total. The van der Waals surface area contributed by atoms with E-state index in [1.165, 1.54) is 23.2 Å². The number of carboxylic acids is 1. The predicted molar refractivity (Wildman–Crippen MR) is 69.6 cm³/mol. The number of hydrogen-bond donors (Lipinski definition) is 1. The molecule has 98 valence electrons. The predicted octanol–water partition coefficient (Wildman–Crippen LogP) is 2.45. The van der Waals surface area contributed by atoms with Crippen molar-refractivity contribution < 1.29 is 14.7 Å². The number of aliphatic carboxylic acids is 1. The van der Waals surface area contributed by atoms with Gasteiger partial charge in [0, 0.05) is 22.7 Å². The minimum atomic E-state index is -0.943. The van der Waals surface area contributed by atoms with Crippen LogP contribution in [0.2, 0.25) is 0 Å². The van der Waals surface area contributed by atoms with Gasteiger partial charge in [0.2, 0.25) is 5.91 Å². The molecule has 5 heteroatoms. The highest BCUT2D eigenvalue weighted by Crippen LogP contribution is 2.37. The summed E-state index contributed by atoms with van der Waals surface area (Å²) in [5.41, 5.74) is 0. The molecule has 1 unspecified atom stereocenters. The lowest BCUT2D eigenvalue weighted by molar-refractivity contribution is -0.150. The van der Waals surface area contributed by atoms with Crippen molar-refractivity contribution in [3.63, 3.8) is 0 Å². The van der Waals surface area contributed by atoms with Gasteiger partial charge in [-0.2, -0.15) is 0 Å². The third-order valence-corrected chi connectivity index (χ3v) is 4.40. The van der Waals surface area contributed by atoms with Crippen LogP contribution in [0.3, 0.4) is 0 Å². The molecule has 1 amide bonds. The average Bonchev–Trinajstić information content (AvgIpc) is 3.02. The van der Waals surface area contributed by atoms with E-state index in [0.29, 0.717) is 0 Å². The highest BCUT2D eigenvalue weighted by molar-refractivity contribution is 7.12. The number of carbonyl (C=O) groups is 2. The van der Waals surface area contributed by atoms with Gasteiger partial charge in [0.25, 0.3) is 0 Å². The first-order valence-electron chi connectivity index (χ1n) is 6.15. The van der Waals surface area contributed by atoms with E-state index in [1.54, 1.807) is 0 Å². The maximum atomic E-state index is 11.7. The summed E-state index contributed by atoms with van der Waals surface area (Å²) >= 11 is 1.49. The number of rotatable bonds is 5. The molecule has 0 radical (unpaired) electrons. The summed E-state index contributed by atoms with van der Waals surface area (Å²) < 4.78 is 0. The second kappa shape index (κ2) is 5.10. The van der Waals surface area contributed by atoms with Crippen molar-refractivity contribution in [2.75, 3.05) is 0 Å². The molecule has 1 aliphatic carbocycles. The molecule has 1 atom stereocenters. The van der Waals surface area contributed by atoms with Crippen molar-refractivity contribution in [1.82, 2.24) is 4.90 Å². The van der Waals surface area contributed by atoms with Crippen molar-refractivity contribution >= 4 is 23.2 Å². The van der Waals surface area contributed by atoms with Gasteiger partial charge in [0.15, 0.2) is 6.04 Å². The van der Waals surface area contributed by atoms with Gasteiger partial charge in [-0.1, -0.05) is 6.92 Å². The second-order valence-corrected chi connectivity index (χ2v) is 5.76. The number of hydrogen-bond acceptors (Lipinski definition) is 3. The molecule has 1 heterocycles. The van der Waals surface area contributed by atoms with Gasteiger partial charge in [0.1, 0.15) is 0 Å². The lowest BCUT2D eigenvalue weighted by atomic mass is 10.2. The van der Waals surface area contributed by atoms with Crippen LogP contribution in [0.15, 0.2) is 12.1 Å². The Bertz CT molecular complexity index is 465. The second-order valence-electron chi connectivity index (χ2n) is 4.56. The summed E-state index contributed by atoms with van der Waals surface area (Å²) in [5, 5.41) is 9.42. The molecule has 18 heavy (non-hydrogen) atoms. The average molecular weight is 267 g/mol. The number of carbonyl (C=O) groups excluding carboxylic acids is 1. The molecular weight excluding hydrogens is 250 g/mol. The quantitative estimate of drug-likeness (QED) is 0.891. The highest BCUT2D eigenvalue weighted by Gasteiger charge is 2.40. The maximum Gasteiger partial charge on any atom is 0.331 e. The fraction of sp³-hybridized carbons (Fsp3) is 0.538. The molecule has 0 bridgehead atoms. The Kier molecular flexibility index (Phi) is 3.71. The van der Waals surface area contributed by atoms with Gasteiger partial charge in [-0.15, -0.1) is 11.3 Å². The molecule has 1 aliphatic rings. The molecule has 0 saturated heterocycles. The van der Waals surface area contributed by atoms with Crippen molar-refractivity contribution in [3.8, 4) is 0 Å². The Morgan fingerprint density at radius 1 is 1.50 bits per heavy atom. The molecule has 0 aromatic carbocycles. The zero-order valence-electron chi connectivity index (χ0n) is 10.5. The molecule has 1 saturated carbocycles. The molecule has 0 spiro atoms. The summed E-state index contributed by atoms with van der Waals surface area (Å²) in [6.07, 6.45) is 2.71. The van der Waals surface area contributed by atoms with Crippen LogP contribution in [0.5, 0.6) is 0 Å². The Balaban J connectivity index is 2.31. The third-order valence-electron chi connectivity index (χ3n) is 3.12. The van der Waals surface area contributed by atoms with Crippen LogP contribution >= 0.6 is 11.3 Å². The number of amides is 1. The number of carboxylic acid groups (broad SMARTS) is 1. The van der Waals surface area contributed by atoms with Gasteiger partial charge >= 0.3 is 5.97 Å². The third kappa shape index (κ3) is 2.56. The first-order valence-corrected chi connectivity index (χ1v) is 6.96. The van der Waals surface area contributed by atoms with E-state index in [2.05, 4.69) is 0 Å². The Morgan fingerprint density at radius 3 is 2.56 bits per heavy atom. The Morgan fingerprint density at radius 2 is 2.17 bits per heavy atom. The van der Waals surface area contributed by atoms with Crippen LogP contribution in [-0.4, -0.2) is 27.9 Å². The fourth-order valence-electron chi connectivity index (χ4n) is 2.11. The van der Waals surface area contributed by atoms with Crippen molar-refractivity contribution in [2.24, 2.45) is 0 Å². The minimum absolute atomic E-state index is 0.107. The Labute approximate surface area is 110 Å². The normalized spacial score (nSPS) is 16.3. The molecule has 1 aromatic heterocycles. The first kappa shape index (κ1) is 13.1. The van der Waals surface area contributed by atoms with Crippen LogP contribution in [0.25, 0.3) is 0 Å². The summed E-state index contributed by atoms with van der Waals surface area (Å²) in [6.45, 7) is 3.48. The van der Waals surface area contributed by atoms with Crippen LogP contribution in [0.1, 0.15) is 42.5 Å². The largest absolute Gasteiger partial charge is 0.479 e. The number of aryl methyl sites for hydroxylation is 1. The summed E-state index contributed by atoms with van der Waals surface area (Å²) in [7, 11) is 0. The van der Waals surface area contributed by atoms with E-state index in [1.807, 2.05) is 19.1 Å². The van der Waals surface area contributed by atoms with Crippen LogP contribution in [-0.2, 0) is 16.0 Å². The smallest absolute Gasteiger partial charge is 0.331 e. The molecule has 4 nitrogen and oxygen atoms in total. The molecular formula is C13H17NO3S. The lowest BCUT2D eigenvalue weighted by Gasteiger charge is -2.27. The molecule has 1 aromatic rings. The fourth-order valence-corrected chi connectivity index (χ4v) is 3.16. The zero-order chi connectivity index (χ0) is 13.3. The minimum Gasteiger partial charge on any atom is -0.479 e. The summed E-state index contributed by atoms with van der Waals surface area (Å²) in [4.78, 5) is 26.6. The van der Waals surface area contributed by atoms with Gasteiger partial charge in [0.05, 0.1) is 0 Å². The highest BCUT2D eigenvalue weighted by atomic mass is 32.1. The number of nitrogens with zero attached hydrogens (tertiary/aromatic N) is 1. The van der Waals surface area contributed by atoms with Crippen molar-refractivity contribution in [1.29, 1.82) is 0 Å². The van der Waals surface area contributed by atoms with Crippen molar-refractivity contribution in [3.05, 3.63) is 21.9 Å². The van der Waals surface area contributed by atoms with Gasteiger partial charge < -0.3 is 10.0 Å². The van der Waals surface area contributed by atoms with E-state index < -0.39 is 12.0 Å². The monoisotopic (exact) mass is 267 g/mol. The van der Waals surface area contributed by atoms with E-state index in [9.17, 15) is 14.7 Å². The van der Waals surface area contributed by atoms with Gasteiger partial charge in [-0.3, -0.25) is 4.79 Å². The molecule has 2 rings (SSSR count). The zero-order valence-corrected chi connectivity index (χ0v) is 11.4. The van der Waals surface area contributed by atoms with Crippen LogP contribution in [0.4, 0.5) is 0 Å². The summed E-state index contributed by atoms with van der Waals surface area (Å²) in [6, 6.07) is 3.07. The SMILES string of the molecule is CCc1ccc(C(C(=O)O)N(C(C)=O)C2CC2)s1. The van der Waals surface area contributed by atoms with Gasteiger partial charge in [-0.25, -0.2) is 4.79 Å². The van der Waals surface area contributed by atoms with Crippen LogP contribution < -0.4 is 0 Å². The lowest BCUT2D eigenvalue weighted by Crippen LogP contribution is -2.38. The maximum absolute atomic E-state index is 11.7. The first-order chi connectivity index (χ1) is 8.54. The summed E-state index contributed by atoms with van der Waals surface area (Å²) in [5.74, 6) is -1.10. The van der Waals surface area contributed by atoms with E-state index in [-0.39, 0.29) is 11.9 Å². The van der Waals surface area contributed by atoms with Crippen molar-refractivity contribution in [2.45, 2.75) is 45.2 Å². The van der Waals surface area contributed by atoms with E-state index in [0.717, 1.165) is 29.0 Å². The van der Waals surface area contributed by atoms with E-state index in [4.69, 9.17) is 0 Å². The standard InChI is InChI=1S/C13H17NO3S/c1-3-10-6-7-11(18-10)12(13(16)17)14(8(2)15)9-4-5-9/h6-7,9,12H,3-5H2,1-2H3,(H,16,17). The van der Waals surface area contributed by atoms with E-state index >= 15 is 0 Å². The van der Waals surface area contributed by atoms with Gasteiger partial charge in [-0.05, 0) is 31.4 Å². The molecule has 0 aliphatic heterocycles.